The first-order chi connectivity index (χ1) is 8.16. The normalized spacial score (nSPS) is 18.9. The molecule has 3 heteroatoms. The highest BCUT2D eigenvalue weighted by Crippen LogP contribution is 2.26. The molecule has 0 bridgehead atoms. The van der Waals surface area contributed by atoms with Crippen molar-refractivity contribution in [3.8, 4) is 0 Å². The SMILES string of the molecule is O=C(O)/C=C/C(=O)C1CCc2ccccc2C1. The van der Waals surface area contributed by atoms with Crippen LogP contribution in [0.2, 0.25) is 0 Å². The number of allylic oxidation sites excluding steroid dienone is 1. The van der Waals surface area contributed by atoms with Gasteiger partial charge < -0.3 is 5.11 Å². The largest absolute Gasteiger partial charge is 0.478 e. The molecule has 1 aliphatic rings. The molecule has 1 aliphatic carbocycles. The Morgan fingerprint density at radius 2 is 1.88 bits per heavy atom. The molecule has 0 spiro atoms. The van der Waals surface area contributed by atoms with Crippen molar-refractivity contribution in [2.45, 2.75) is 19.3 Å². The van der Waals surface area contributed by atoms with Crippen molar-refractivity contribution >= 4 is 11.8 Å². The minimum atomic E-state index is -1.07. The first kappa shape index (κ1) is 11.6. The van der Waals surface area contributed by atoms with Crippen molar-refractivity contribution < 1.29 is 14.7 Å². The number of carbonyl (C=O) groups excluding carboxylic acids is 1. The van der Waals surface area contributed by atoms with Crippen LogP contribution < -0.4 is 0 Å². The maximum Gasteiger partial charge on any atom is 0.328 e. The number of hydrogen-bond acceptors (Lipinski definition) is 2. The Hall–Kier alpha value is -1.90. The lowest BCUT2D eigenvalue weighted by Gasteiger charge is -2.22. The van der Waals surface area contributed by atoms with Crippen LogP contribution in [-0.2, 0) is 22.4 Å². The summed E-state index contributed by atoms with van der Waals surface area (Å²) >= 11 is 0. The van der Waals surface area contributed by atoms with E-state index in [4.69, 9.17) is 5.11 Å². The van der Waals surface area contributed by atoms with E-state index in [9.17, 15) is 9.59 Å². The summed E-state index contributed by atoms with van der Waals surface area (Å²) in [7, 11) is 0. The van der Waals surface area contributed by atoms with Gasteiger partial charge in [0.15, 0.2) is 5.78 Å². The van der Waals surface area contributed by atoms with Crippen LogP contribution in [0.3, 0.4) is 0 Å². The first-order valence-corrected chi connectivity index (χ1v) is 5.68. The second kappa shape index (κ2) is 4.95. The van der Waals surface area contributed by atoms with Gasteiger partial charge >= 0.3 is 5.97 Å². The van der Waals surface area contributed by atoms with E-state index in [1.165, 1.54) is 17.2 Å². The van der Waals surface area contributed by atoms with E-state index in [1.54, 1.807) is 0 Å². The van der Waals surface area contributed by atoms with Gasteiger partial charge in [-0.15, -0.1) is 0 Å². The van der Waals surface area contributed by atoms with Crippen molar-refractivity contribution in [2.75, 3.05) is 0 Å². The topological polar surface area (TPSA) is 54.4 Å². The highest BCUT2D eigenvalue weighted by molar-refractivity contribution is 5.96. The molecule has 0 saturated heterocycles. The van der Waals surface area contributed by atoms with E-state index in [1.807, 2.05) is 18.2 Å². The van der Waals surface area contributed by atoms with E-state index in [0.717, 1.165) is 25.3 Å². The summed E-state index contributed by atoms with van der Waals surface area (Å²) < 4.78 is 0. The molecule has 0 radical (unpaired) electrons. The molecule has 0 amide bonds. The van der Waals surface area contributed by atoms with Crippen molar-refractivity contribution in [3.63, 3.8) is 0 Å². The summed E-state index contributed by atoms with van der Waals surface area (Å²) in [5.41, 5.74) is 2.51. The number of carbonyl (C=O) groups is 2. The smallest absolute Gasteiger partial charge is 0.328 e. The fourth-order valence-electron chi connectivity index (χ4n) is 2.23. The molecule has 0 aliphatic heterocycles. The summed E-state index contributed by atoms with van der Waals surface area (Å²) in [5.74, 6) is -1.23. The number of carboxylic acids is 1. The molecule has 0 saturated carbocycles. The average molecular weight is 230 g/mol. The minimum Gasteiger partial charge on any atom is -0.478 e. The molecule has 2 rings (SSSR count). The van der Waals surface area contributed by atoms with Crippen molar-refractivity contribution in [3.05, 3.63) is 47.5 Å². The molecule has 1 aromatic rings. The van der Waals surface area contributed by atoms with Crippen LogP contribution in [-0.4, -0.2) is 16.9 Å². The van der Waals surface area contributed by atoms with Crippen molar-refractivity contribution in [1.82, 2.24) is 0 Å². The van der Waals surface area contributed by atoms with Crippen LogP contribution in [0.5, 0.6) is 0 Å². The molecule has 1 atom stereocenters. The minimum absolute atomic E-state index is 0.0690. The van der Waals surface area contributed by atoms with Gasteiger partial charge in [-0.3, -0.25) is 4.79 Å². The molecule has 0 fully saturated rings. The van der Waals surface area contributed by atoms with Crippen LogP contribution in [0, 0.1) is 5.92 Å². The molecule has 88 valence electrons. The van der Waals surface area contributed by atoms with Crippen molar-refractivity contribution in [2.24, 2.45) is 5.92 Å². The van der Waals surface area contributed by atoms with Gasteiger partial charge in [-0.2, -0.15) is 0 Å². The average Bonchev–Trinajstić information content (AvgIpc) is 2.35. The fraction of sp³-hybridized carbons (Fsp3) is 0.286. The van der Waals surface area contributed by atoms with E-state index in [-0.39, 0.29) is 11.7 Å². The van der Waals surface area contributed by atoms with Crippen molar-refractivity contribution in [1.29, 1.82) is 0 Å². The van der Waals surface area contributed by atoms with Crippen LogP contribution in [0.4, 0.5) is 0 Å². The Morgan fingerprint density at radius 3 is 2.59 bits per heavy atom. The Balaban J connectivity index is 2.07. The van der Waals surface area contributed by atoms with E-state index >= 15 is 0 Å². The lowest BCUT2D eigenvalue weighted by molar-refractivity contribution is -0.131. The highest BCUT2D eigenvalue weighted by atomic mass is 16.4. The van der Waals surface area contributed by atoms with Gasteiger partial charge in [-0.25, -0.2) is 4.79 Å². The summed E-state index contributed by atoms with van der Waals surface area (Å²) in [6.45, 7) is 0. The predicted octanol–water partition coefficient (Wildman–Crippen LogP) is 2.00. The standard InChI is InChI=1S/C14H14O3/c15-13(7-8-14(16)17)12-6-5-10-3-1-2-4-11(10)9-12/h1-4,7-8,12H,5-6,9H2,(H,16,17)/b8-7+. The third kappa shape index (κ3) is 2.81. The zero-order chi connectivity index (χ0) is 12.3. The van der Waals surface area contributed by atoms with Gasteiger partial charge in [-0.05, 0) is 36.5 Å². The van der Waals surface area contributed by atoms with Gasteiger partial charge in [-0.1, -0.05) is 24.3 Å². The highest BCUT2D eigenvalue weighted by Gasteiger charge is 2.22. The van der Waals surface area contributed by atoms with Crippen LogP contribution in [0.1, 0.15) is 17.5 Å². The molecule has 3 nitrogen and oxygen atoms in total. The second-order valence-electron chi connectivity index (χ2n) is 4.28. The van der Waals surface area contributed by atoms with Crippen LogP contribution in [0.25, 0.3) is 0 Å². The molecular formula is C14H14O3. The molecule has 1 aromatic carbocycles. The van der Waals surface area contributed by atoms with E-state index in [0.29, 0.717) is 0 Å². The molecule has 1 N–H and O–H groups in total. The molecule has 1 unspecified atom stereocenters. The Bertz CT molecular complexity index is 474. The molecule has 0 aromatic heterocycles. The molecule has 0 heterocycles. The predicted molar refractivity (Wildman–Crippen MR) is 63.7 cm³/mol. The van der Waals surface area contributed by atoms with Crippen LogP contribution in [0.15, 0.2) is 36.4 Å². The zero-order valence-corrected chi connectivity index (χ0v) is 9.43. The summed E-state index contributed by atoms with van der Waals surface area (Å²) in [4.78, 5) is 22.1. The summed E-state index contributed by atoms with van der Waals surface area (Å²) in [6.07, 6.45) is 4.52. The third-order valence-electron chi connectivity index (χ3n) is 3.14. The lowest BCUT2D eigenvalue weighted by atomic mass is 9.81. The first-order valence-electron chi connectivity index (χ1n) is 5.68. The maximum atomic E-state index is 11.8. The molecule has 17 heavy (non-hydrogen) atoms. The summed E-state index contributed by atoms with van der Waals surface area (Å²) in [6, 6.07) is 8.10. The monoisotopic (exact) mass is 230 g/mol. The number of ketones is 1. The van der Waals surface area contributed by atoms with Gasteiger partial charge in [0.2, 0.25) is 0 Å². The number of carboxylic acid groups (broad SMARTS) is 1. The Morgan fingerprint density at radius 1 is 1.18 bits per heavy atom. The number of benzene rings is 1. The Labute approximate surface area is 99.8 Å². The van der Waals surface area contributed by atoms with E-state index < -0.39 is 5.97 Å². The summed E-state index contributed by atoms with van der Waals surface area (Å²) in [5, 5.41) is 8.48. The van der Waals surface area contributed by atoms with Gasteiger partial charge in [0, 0.05) is 12.0 Å². The Kier molecular flexibility index (Phi) is 3.38. The van der Waals surface area contributed by atoms with Gasteiger partial charge in [0.05, 0.1) is 0 Å². The number of aliphatic carboxylic acids is 1. The van der Waals surface area contributed by atoms with Gasteiger partial charge in [0.1, 0.15) is 0 Å². The fourth-order valence-corrected chi connectivity index (χ4v) is 2.23. The number of fused-ring (bicyclic) bond motifs is 1. The maximum absolute atomic E-state index is 11.8. The van der Waals surface area contributed by atoms with Gasteiger partial charge in [0.25, 0.3) is 0 Å². The van der Waals surface area contributed by atoms with E-state index in [2.05, 4.69) is 6.07 Å². The quantitative estimate of drug-likeness (QED) is 0.808. The number of aryl methyl sites for hydroxylation is 1. The lowest BCUT2D eigenvalue weighted by Crippen LogP contribution is -2.21. The second-order valence-corrected chi connectivity index (χ2v) is 4.28. The van der Waals surface area contributed by atoms with Crippen LogP contribution >= 0.6 is 0 Å². The zero-order valence-electron chi connectivity index (χ0n) is 9.43. The number of hydrogen-bond donors (Lipinski definition) is 1. The number of rotatable bonds is 3. The third-order valence-corrected chi connectivity index (χ3v) is 3.14. The molecular weight excluding hydrogens is 216 g/mol.